The molecule has 1 aromatic carbocycles. The Labute approximate surface area is 87.1 Å². The number of fused-ring (bicyclic) bond motifs is 1. The molecule has 2 rings (SSSR count). The molecule has 0 fully saturated rings. The van der Waals surface area contributed by atoms with Crippen molar-refractivity contribution in [1.29, 1.82) is 0 Å². The summed E-state index contributed by atoms with van der Waals surface area (Å²) in [7, 11) is 0. The Morgan fingerprint density at radius 3 is 3.07 bits per heavy atom. The minimum Gasteiger partial charge on any atom is -0.324 e. The number of thioether (sulfide) groups is 1. The lowest BCUT2D eigenvalue weighted by Crippen LogP contribution is -2.19. The summed E-state index contributed by atoms with van der Waals surface area (Å²) in [6.45, 7) is 1.95. The average Bonchev–Trinajstić information content (AvgIpc) is 2.16. The smallest absolute Gasteiger partial charge is 0.234 e. The van der Waals surface area contributed by atoms with Crippen LogP contribution in [0.1, 0.15) is 18.5 Å². The van der Waals surface area contributed by atoms with E-state index in [0.29, 0.717) is 5.75 Å². The van der Waals surface area contributed by atoms with Gasteiger partial charge in [-0.15, -0.1) is 11.8 Å². The maximum absolute atomic E-state index is 11.1. The van der Waals surface area contributed by atoms with Gasteiger partial charge in [0, 0.05) is 10.9 Å². The van der Waals surface area contributed by atoms with Crippen molar-refractivity contribution in [1.82, 2.24) is 0 Å². The van der Waals surface area contributed by atoms with Gasteiger partial charge in [-0.2, -0.15) is 0 Å². The first-order valence-corrected chi connectivity index (χ1v) is 5.47. The van der Waals surface area contributed by atoms with Gasteiger partial charge in [-0.05, 0) is 24.6 Å². The quantitative estimate of drug-likeness (QED) is 0.739. The second-order valence-electron chi connectivity index (χ2n) is 3.38. The van der Waals surface area contributed by atoms with Crippen LogP contribution in [-0.2, 0) is 4.79 Å². The summed E-state index contributed by atoms with van der Waals surface area (Å²) in [5.41, 5.74) is 7.78. The van der Waals surface area contributed by atoms with Gasteiger partial charge in [0.2, 0.25) is 5.91 Å². The van der Waals surface area contributed by atoms with E-state index in [-0.39, 0.29) is 11.9 Å². The number of carbonyl (C=O) groups is 1. The van der Waals surface area contributed by atoms with Crippen LogP contribution in [0.15, 0.2) is 23.1 Å². The van der Waals surface area contributed by atoms with Gasteiger partial charge >= 0.3 is 0 Å². The Hall–Kier alpha value is -1.00. The van der Waals surface area contributed by atoms with Crippen LogP contribution in [0.3, 0.4) is 0 Å². The zero-order chi connectivity index (χ0) is 10.1. The second-order valence-corrected chi connectivity index (χ2v) is 4.40. The molecular weight excluding hydrogens is 196 g/mol. The highest BCUT2D eigenvalue weighted by molar-refractivity contribution is 8.00. The number of hydrogen-bond donors (Lipinski definition) is 2. The molecule has 1 atom stereocenters. The lowest BCUT2D eigenvalue weighted by atomic mass is 10.1. The fourth-order valence-corrected chi connectivity index (χ4v) is 2.23. The van der Waals surface area contributed by atoms with E-state index in [1.54, 1.807) is 11.8 Å². The molecule has 1 aliphatic rings. The first-order chi connectivity index (χ1) is 6.66. The van der Waals surface area contributed by atoms with Crippen molar-refractivity contribution in [2.45, 2.75) is 17.9 Å². The number of carbonyl (C=O) groups excluding carboxylic acids is 1. The van der Waals surface area contributed by atoms with E-state index < -0.39 is 0 Å². The Morgan fingerprint density at radius 1 is 1.57 bits per heavy atom. The summed E-state index contributed by atoms with van der Waals surface area (Å²) in [5.74, 6) is 0.561. The van der Waals surface area contributed by atoms with Crippen LogP contribution in [0.25, 0.3) is 0 Å². The van der Waals surface area contributed by atoms with E-state index in [1.165, 1.54) is 0 Å². The van der Waals surface area contributed by atoms with E-state index in [0.717, 1.165) is 16.1 Å². The number of nitrogens with one attached hydrogen (secondary N) is 1. The highest BCUT2D eigenvalue weighted by Gasteiger charge is 2.15. The Balaban J connectivity index is 2.36. The summed E-state index contributed by atoms with van der Waals surface area (Å²) in [4.78, 5) is 12.2. The molecule has 1 heterocycles. The topological polar surface area (TPSA) is 55.1 Å². The standard InChI is InChI=1S/C10H12N2OS/c1-6(11)7-2-3-8-9(4-7)14-5-10(13)12-8/h2-4,6H,5,11H2,1H3,(H,12,13). The van der Waals surface area contributed by atoms with E-state index >= 15 is 0 Å². The van der Waals surface area contributed by atoms with Gasteiger partial charge in [-0.25, -0.2) is 0 Å². The highest BCUT2D eigenvalue weighted by atomic mass is 32.2. The summed E-state index contributed by atoms with van der Waals surface area (Å²) in [6.07, 6.45) is 0. The number of amides is 1. The minimum absolute atomic E-state index is 0.0403. The summed E-state index contributed by atoms with van der Waals surface area (Å²) in [5, 5.41) is 2.83. The summed E-state index contributed by atoms with van der Waals surface area (Å²) in [6, 6.07) is 5.95. The van der Waals surface area contributed by atoms with Gasteiger partial charge in [0.05, 0.1) is 11.4 Å². The maximum atomic E-state index is 11.1. The molecule has 1 aromatic rings. The summed E-state index contributed by atoms with van der Waals surface area (Å²) >= 11 is 1.56. The molecule has 1 unspecified atom stereocenters. The third kappa shape index (κ3) is 1.76. The largest absolute Gasteiger partial charge is 0.324 e. The molecule has 0 saturated heterocycles. The lowest BCUT2D eigenvalue weighted by Gasteiger charge is -2.17. The van der Waals surface area contributed by atoms with E-state index in [2.05, 4.69) is 5.32 Å². The number of hydrogen-bond acceptors (Lipinski definition) is 3. The lowest BCUT2D eigenvalue weighted by molar-refractivity contribution is -0.113. The fourth-order valence-electron chi connectivity index (χ4n) is 1.37. The zero-order valence-electron chi connectivity index (χ0n) is 7.91. The monoisotopic (exact) mass is 208 g/mol. The van der Waals surface area contributed by atoms with Crippen molar-refractivity contribution in [3.8, 4) is 0 Å². The molecule has 3 nitrogen and oxygen atoms in total. The van der Waals surface area contributed by atoms with Crippen molar-refractivity contribution in [3.63, 3.8) is 0 Å². The number of rotatable bonds is 1. The molecule has 3 N–H and O–H groups in total. The molecule has 0 aliphatic carbocycles. The van der Waals surface area contributed by atoms with Crippen LogP contribution in [0.2, 0.25) is 0 Å². The van der Waals surface area contributed by atoms with Crippen LogP contribution in [-0.4, -0.2) is 11.7 Å². The first-order valence-electron chi connectivity index (χ1n) is 4.49. The van der Waals surface area contributed by atoms with Crippen molar-refractivity contribution in [3.05, 3.63) is 23.8 Å². The van der Waals surface area contributed by atoms with Crippen LogP contribution in [0.4, 0.5) is 5.69 Å². The van der Waals surface area contributed by atoms with Crippen LogP contribution in [0, 0.1) is 0 Å². The second kappa shape index (κ2) is 3.63. The van der Waals surface area contributed by atoms with Gasteiger partial charge in [0.25, 0.3) is 0 Å². The molecule has 74 valence electrons. The number of anilines is 1. The van der Waals surface area contributed by atoms with Gasteiger partial charge < -0.3 is 11.1 Å². The molecule has 0 aromatic heterocycles. The average molecular weight is 208 g/mol. The third-order valence-electron chi connectivity index (χ3n) is 2.16. The van der Waals surface area contributed by atoms with Gasteiger partial charge in [0.15, 0.2) is 0 Å². The van der Waals surface area contributed by atoms with Crippen LogP contribution in [0.5, 0.6) is 0 Å². The van der Waals surface area contributed by atoms with Crippen molar-refractivity contribution in [2.24, 2.45) is 5.73 Å². The van der Waals surface area contributed by atoms with Crippen LogP contribution >= 0.6 is 11.8 Å². The Bertz CT molecular complexity index is 376. The SMILES string of the molecule is CC(N)c1ccc2c(c1)SCC(=O)N2. The minimum atomic E-state index is 0.0403. The molecule has 0 bridgehead atoms. The van der Waals surface area contributed by atoms with Crippen molar-refractivity contribution >= 4 is 23.4 Å². The molecule has 1 aliphatic heterocycles. The van der Waals surface area contributed by atoms with E-state index in [1.807, 2.05) is 25.1 Å². The molecular formula is C10H12N2OS. The molecule has 4 heteroatoms. The predicted octanol–water partition coefficient (Wildman–Crippen LogP) is 1.75. The number of nitrogens with two attached hydrogens (primary N) is 1. The molecule has 0 radical (unpaired) electrons. The molecule has 1 amide bonds. The molecule has 0 saturated carbocycles. The Kier molecular flexibility index (Phi) is 2.48. The van der Waals surface area contributed by atoms with Gasteiger partial charge in [0.1, 0.15) is 0 Å². The normalized spacial score (nSPS) is 17.1. The van der Waals surface area contributed by atoms with E-state index in [4.69, 9.17) is 5.73 Å². The molecule has 0 spiro atoms. The van der Waals surface area contributed by atoms with Gasteiger partial charge in [-0.3, -0.25) is 4.79 Å². The summed E-state index contributed by atoms with van der Waals surface area (Å²) < 4.78 is 0. The third-order valence-corrected chi connectivity index (χ3v) is 3.22. The Morgan fingerprint density at radius 2 is 2.36 bits per heavy atom. The zero-order valence-corrected chi connectivity index (χ0v) is 8.73. The number of benzene rings is 1. The van der Waals surface area contributed by atoms with Crippen LogP contribution < -0.4 is 11.1 Å². The maximum Gasteiger partial charge on any atom is 0.234 e. The van der Waals surface area contributed by atoms with Crippen molar-refractivity contribution in [2.75, 3.05) is 11.1 Å². The fraction of sp³-hybridized carbons (Fsp3) is 0.300. The highest BCUT2D eigenvalue weighted by Crippen LogP contribution is 2.32. The van der Waals surface area contributed by atoms with E-state index in [9.17, 15) is 4.79 Å². The van der Waals surface area contributed by atoms with Crippen molar-refractivity contribution < 1.29 is 4.79 Å². The van der Waals surface area contributed by atoms with Gasteiger partial charge in [-0.1, -0.05) is 6.07 Å². The molecule has 14 heavy (non-hydrogen) atoms. The first kappa shape index (κ1) is 9.55. The predicted molar refractivity (Wildman–Crippen MR) is 58.4 cm³/mol.